The Morgan fingerprint density at radius 2 is 2.07 bits per heavy atom. The van der Waals surface area contributed by atoms with E-state index in [0.717, 1.165) is 34.1 Å². The van der Waals surface area contributed by atoms with Crippen molar-refractivity contribution in [2.24, 2.45) is 0 Å². The van der Waals surface area contributed by atoms with Crippen LogP contribution in [0.15, 0.2) is 45.7 Å². The Hall–Kier alpha value is -3.07. The third-order valence-corrected chi connectivity index (χ3v) is 5.59. The summed E-state index contributed by atoms with van der Waals surface area (Å²) < 4.78 is 11.9. The average molecular weight is 412 g/mol. The van der Waals surface area contributed by atoms with Gasteiger partial charge in [-0.3, -0.25) is 14.9 Å². The van der Waals surface area contributed by atoms with E-state index < -0.39 is 6.04 Å². The van der Waals surface area contributed by atoms with Crippen LogP contribution in [0.4, 0.5) is 5.88 Å². The minimum Gasteiger partial charge on any atom is -0.494 e. The molecule has 1 aliphatic rings. The largest absolute Gasteiger partial charge is 0.494 e. The summed E-state index contributed by atoms with van der Waals surface area (Å²) >= 11 is 1.71. The molecule has 0 saturated carbocycles. The number of ether oxygens (including phenoxy) is 1. The van der Waals surface area contributed by atoms with Crippen LogP contribution in [0.3, 0.4) is 0 Å². The van der Waals surface area contributed by atoms with Gasteiger partial charge in [0.15, 0.2) is 0 Å². The highest BCUT2D eigenvalue weighted by Gasteiger charge is 2.25. The summed E-state index contributed by atoms with van der Waals surface area (Å²) in [5.41, 5.74) is 2.80. The lowest BCUT2D eigenvalue weighted by molar-refractivity contribution is -0.119. The summed E-state index contributed by atoms with van der Waals surface area (Å²) in [6.45, 7) is 4.13. The number of benzene rings is 1. The van der Waals surface area contributed by atoms with Crippen molar-refractivity contribution in [1.82, 2.24) is 14.9 Å². The lowest BCUT2D eigenvalue weighted by atomic mass is 10.1. The van der Waals surface area contributed by atoms with Gasteiger partial charge in [-0.2, -0.15) is 16.9 Å². The number of fused-ring (bicyclic) bond motifs is 1. The molecule has 150 valence electrons. The smallest absolute Gasteiger partial charge is 0.267 e. The zero-order valence-corrected chi connectivity index (χ0v) is 16.9. The molecule has 1 aliphatic heterocycles. The van der Waals surface area contributed by atoms with Gasteiger partial charge < -0.3 is 9.26 Å². The van der Waals surface area contributed by atoms with E-state index in [2.05, 4.69) is 15.6 Å². The summed E-state index contributed by atoms with van der Waals surface area (Å²) in [7, 11) is 0. The molecular formula is C20H20N4O4S. The zero-order chi connectivity index (χ0) is 20.4. The first kappa shape index (κ1) is 19.3. The minimum atomic E-state index is -0.819. The van der Waals surface area contributed by atoms with E-state index in [-0.39, 0.29) is 11.5 Å². The van der Waals surface area contributed by atoms with Gasteiger partial charge in [0, 0.05) is 23.1 Å². The highest BCUT2D eigenvalue weighted by atomic mass is 32.2. The number of thioether (sulfide) groups is 1. The second kappa shape index (κ2) is 8.12. The van der Waals surface area contributed by atoms with Crippen LogP contribution < -0.4 is 15.6 Å². The van der Waals surface area contributed by atoms with Crippen molar-refractivity contribution in [3.05, 3.63) is 58.0 Å². The first-order chi connectivity index (χ1) is 14.1. The van der Waals surface area contributed by atoms with Crippen LogP contribution in [0.1, 0.15) is 31.1 Å². The average Bonchev–Trinajstić information content (AvgIpc) is 3.34. The number of nitrogens with zero attached hydrogens (tertiary/aromatic N) is 3. The van der Waals surface area contributed by atoms with Gasteiger partial charge in [0.1, 0.15) is 11.8 Å². The molecule has 2 aromatic heterocycles. The monoisotopic (exact) mass is 412 g/mol. The van der Waals surface area contributed by atoms with Crippen molar-refractivity contribution in [3.8, 4) is 17.0 Å². The van der Waals surface area contributed by atoms with E-state index in [0.29, 0.717) is 18.2 Å². The van der Waals surface area contributed by atoms with E-state index in [1.807, 2.05) is 31.2 Å². The van der Waals surface area contributed by atoms with Crippen molar-refractivity contribution in [3.63, 3.8) is 0 Å². The van der Waals surface area contributed by atoms with Crippen LogP contribution in [0, 0.1) is 0 Å². The quantitative estimate of drug-likeness (QED) is 0.663. The van der Waals surface area contributed by atoms with E-state index >= 15 is 0 Å². The molecule has 4 rings (SSSR count). The Balaban J connectivity index is 1.56. The number of carbonyl (C=O) groups excluding carboxylic acids is 1. The molecule has 1 N–H and O–H groups in total. The number of amides is 1. The Morgan fingerprint density at radius 1 is 1.28 bits per heavy atom. The van der Waals surface area contributed by atoms with Crippen LogP contribution in [0.25, 0.3) is 11.3 Å². The molecule has 1 unspecified atom stereocenters. The molecule has 9 heteroatoms. The van der Waals surface area contributed by atoms with Gasteiger partial charge in [-0.15, -0.1) is 0 Å². The standard InChI is InChI=1S/C20H20N4O4S/c1-3-27-14-6-4-13(5-7-14)16-8-9-18(25)24(22-16)12(2)19(26)21-20-15-10-29-11-17(15)23-28-20/h4-9,12H,3,10-11H2,1-2H3,(H,21,26). The number of anilines is 1. The zero-order valence-electron chi connectivity index (χ0n) is 16.0. The van der Waals surface area contributed by atoms with E-state index in [1.165, 1.54) is 10.7 Å². The summed E-state index contributed by atoms with van der Waals surface area (Å²) in [6, 6.07) is 9.64. The van der Waals surface area contributed by atoms with Gasteiger partial charge in [-0.1, -0.05) is 5.16 Å². The van der Waals surface area contributed by atoms with E-state index in [9.17, 15) is 9.59 Å². The number of nitrogens with one attached hydrogen (secondary N) is 1. The first-order valence-corrected chi connectivity index (χ1v) is 10.4. The molecule has 0 saturated heterocycles. The number of rotatable bonds is 6. The van der Waals surface area contributed by atoms with E-state index in [1.54, 1.807) is 24.8 Å². The molecule has 0 radical (unpaired) electrons. The Morgan fingerprint density at radius 3 is 2.83 bits per heavy atom. The topological polar surface area (TPSA) is 99.2 Å². The second-order valence-corrected chi connectivity index (χ2v) is 7.54. The van der Waals surface area contributed by atoms with Crippen LogP contribution in [0.5, 0.6) is 5.75 Å². The van der Waals surface area contributed by atoms with Gasteiger partial charge in [0.2, 0.25) is 5.88 Å². The van der Waals surface area contributed by atoms with Gasteiger partial charge in [0.25, 0.3) is 11.5 Å². The van der Waals surface area contributed by atoms with Crippen molar-refractivity contribution >= 4 is 23.6 Å². The molecule has 3 heterocycles. The molecule has 1 atom stereocenters. The summed E-state index contributed by atoms with van der Waals surface area (Å²) in [5, 5.41) is 11.1. The van der Waals surface area contributed by atoms with Gasteiger partial charge in [-0.25, -0.2) is 4.68 Å². The molecule has 29 heavy (non-hydrogen) atoms. The van der Waals surface area contributed by atoms with E-state index in [4.69, 9.17) is 9.26 Å². The minimum absolute atomic E-state index is 0.345. The number of carbonyl (C=O) groups is 1. The van der Waals surface area contributed by atoms with Gasteiger partial charge >= 0.3 is 0 Å². The fourth-order valence-corrected chi connectivity index (χ4v) is 4.05. The van der Waals surface area contributed by atoms with Crippen LogP contribution in [-0.4, -0.2) is 27.5 Å². The maximum atomic E-state index is 12.7. The fraction of sp³-hybridized carbons (Fsp3) is 0.300. The number of hydrogen-bond acceptors (Lipinski definition) is 7. The molecule has 8 nitrogen and oxygen atoms in total. The predicted molar refractivity (Wildman–Crippen MR) is 110 cm³/mol. The second-order valence-electron chi connectivity index (χ2n) is 6.55. The molecular weight excluding hydrogens is 392 g/mol. The van der Waals surface area contributed by atoms with Crippen molar-refractivity contribution in [2.45, 2.75) is 31.4 Å². The van der Waals surface area contributed by atoms with Crippen molar-refractivity contribution < 1.29 is 14.1 Å². The SMILES string of the molecule is CCOc1ccc(-c2ccc(=O)n(C(C)C(=O)Nc3onc4c3CSC4)n2)cc1. The summed E-state index contributed by atoms with van der Waals surface area (Å²) in [6.07, 6.45) is 0. The Bertz CT molecular complexity index is 1090. The Kier molecular flexibility index (Phi) is 5.39. The Labute approximate surface area is 171 Å². The molecule has 0 aliphatic carbocycles. The van der Waals surface area contributed by atoms with Crippen LogP contribution in [0.2, 0.25) is 0 Å². The third kappa shape index (κ3) is 3.91. The highest BCUT2D eigenvalue weighted by molar-refractivity contribution is 7.98. The van der Waals surface area contributed by atoms with Crippen molar-refractivity contribution in [1.29, 1.82) is 0 Å². The lowest BCUT2D eigenvalue weighted by Crippen LogP contribution is -2.33. The van der Waals surface area contributed by atoms with Crippen LogP contribution in [-0.2, 0) is 16.3 Å². The normalized spacial score (nSPS) is 13.7. The molecule has 1 aromatic carbocycles. The summed E-state index contributed by atoms with van der Waals surface area (Å²) in [5.74, 6) is 2.23. The molecule has 0 bridgehead atoms. The number of hydrogen-bond donors (Lipinski definition) is 1. The summed E-state index contributed by atoms with van der Waals surface area (Å²) in [4.78, 5) is 25.0. The first-order valence-electron chi connectivity index (χ1n) is 9.26. The lowest BCUT2D eigenvalue weighted by Gasteiger charge is -2.14. The number of aromatic nitrogens is 3. The van der Waals surface area contributed by atoms with Crippen LogP contribution >= 0.6 is 11.8 Å². The maximum absolute atomic E-state index is 12.7. The maximum Gasteiger partial charge on any atom is 0.267 e. The predicted octanol–water partition coefficient (Wildman–Crippen LogP) is 3.24. The third-order valence-electron chi connectivity index (χ3n) is 4.62. The molecule has 3 aromatic rings. The van der Waals surface area contributed by atoms with Gasteiger partial charge in [-0.05, 0) is 44.2 Å². The highest BCUT2D eigenvalue weighted by Crippen LogP contribution is 2.34. The molecule has 0 spiro atoms. The van der Waals surface area contributed by atoms with Gasteiger partial charge in [0.05, 0.1) is 23.6 Å². The fourth-order valence-electron chi connectivity index (χ4n) is 3.03. The molecule has 1 amide bonds. The van der Waals surface area contributed by atoms with Crippen molar-refractivity contribution in [2.75, 3.05) is 11.9 Å². The molecule has 0 fully saturated rings.